The highest BCUT2D eigenvalue weighted by molar-refractivity contribution is 7.92. The van der Waals surface area contributed by atoms with Gasteiger partial charge in [0.05, 0.1) is 23.4 Å². The first-order chi connectivity index (χ1) is 15.1. The van der Waals surface area contributed by atoms with Gasteiger partial charge in [0.15, 0.2) is 0 Å². The molecule has 0 radical (unpaired) electrons. The van der Waals surface area contributed by atoms with Gasteiger partial charge >= 0.3 is 5.97 Å². The van der Waals surface area contributed by atoms with E-state index < -0.39 is 21.9 Å². The van der Waals surface area contributed by atoms with Gasteiger partial charge in [0.25, 0.3) is 15.9 Å². The molecule has 0 spiro atoms. The van der Waals surface area contributed by atoms with Gasteiger partial charge in [-0.25, -0.2) is 13.2 Å². The Morgan fingerprint density at radius 1 is 0.938 bits per heavy atom. The van der Waals surface area contributed by atoms with Crippen molar-refractivity contribution in [3.63, 3.8) is 0 Å². The molecular weight excluding hydrogens is 479 g/mol. The van der Waals surface area contributed by atoms with Gasteiger partial charge in [0.1, 0.15) is 10.6 Å². The minimum absolute atomic E-state index is 0.0254. The maximum atomic E-state index is 12.9. The van der Waals surface area contributed by atoms with Crippen LogP contribution in [0.5, 0.6) is 5.75 Å². The van der Waals surface area contributed by atoms with Gasteiger partial charge in [-0.2, -0.15) is 0 Å². The number of carboxylic acid groups (broad SMARTS) is 1. The van der Waals surface area contributed by atoms with Crippen molar-refractivity contribution in [1.29, 1.82) is 0 Å². The van der Waals surface area contributed by atoms with Gasteiger partial charge in [0.2, 0.25) is 0 Å². The molecule has 1 amide bonds. The van der Waals surface area contributed by atoms with Crippen LogP contribution in [0, 0.1) is 0 Å². The smallest absolute Gasteiger partial charge is 0.335 e. The average Bonchev–Trinajstić information content (AvgIpc) is 2.75. The summed E-state index contributed by atoms with van der Waals surface area (Å²) < 4.78 is 33.2. The summed E-state index contributed by atoms with van der Waals surface area (Å²) in [4.78, 5) is 23.3. The maximum Gasteiger partial charge on any atom is 0.335 e. The number of anilines is 2. The van der Waals surface area contributed by atoms with E-state index in [0.717, 1.165) is 0 Å². The zero-order valence-corrected chi connectivity index (χ0v) is 18.8. The summed E-state index contributed by atoms with van der Waals surface area (Å²) in [5.74, 6) is -1.56. The minimum atomic E-state index is -4.15. The first kappa shape index (κ1) is 23.4. The molecule has 0 unspecified atom stereocenters. The summed E-state index contributed by atoms with van der Waals surface area (Å²) in [7, 11) is -2.82. The van der Waals surface area contributed by atoms with Gasteiger partial charge in [-0.1, -0.05) is 23.2 Å². The van der Waals surface area contributed by atoms with E-state index in [2.05, 4.69) is 10.0 Å². The highest BCUT2D eigenvalue weighted by atomic mass is 35.5. The molecule has 3 rings (SSSR count). The van der Waals surface area contributed by atoms with E-state index in [1.165, 1.54) is 67.8 Å². The van der Waals surface area contributed by atoms with Crippen molar-refractivity contribution in [2.45, 2.75) is 4.90 Å². The van der Waals surface area contributed by atoms with Crippen LogP contribution in [0.1, 0.15) is 20.7 Å². The SMILES string of the molecule is COc1ccc(Cl)cc1S(=O)(=O)Nc1cc(C(=O)Nc2ccc(C(=O)O)cc2)ccc1Cl. The summed E-state index contributed by atoms with van der Waals surface area (Å²) in [6.45, 7) is 0. The van der Waals surface area contributed by atoms with Crippen molar-refractivity contribution in [2.75, 3.05) is 17.1 Å². The van der Waals surface area contributed by atoms with Crippen LogP contribution in [-0.2, 0) is 10.0 Å². The van der Waals surface area contributed by atoms with E-state index in [1.54, 1.807) is 0 Å². The Kier molecular flexibility index (Phi) is 6.93. The zero-order chi connectivity index (χ0) is 23.5. The van der Waals surface area contributed by atoms with Crippen LogP contribution in [0.25, 0.3) is 0 Å². The number of amides is 1. The Morgan fingerprint density at radius 2 is 1.59 bits per heavy atom. The fourth-order valence-corrected chi connectivity index (χ4v) is 4.43. The van der Waals surface area contributed by atoms with Gasteiger partial charge in [-0.15, -0.1) is 0 Å². The number of carbonyl (C=O) groups excluding carboxylic acids is 1. The molecule has 0 aliphatic heterocycles. The van der Waals surface area contributed by atoms with Crippen molar-refractivity contribution >= 4 is 56.5 Å². The van der Waals surface area contributed by atoms with Crippen LogP contribution in [0.15, 0.2) is 65.6 Å². The summed E-state index contributed by atoms with van der Waals surface area (Å²) in [5, 5.41) is 11.8. The van der Waals surface area contributed by atoms with Gasteiger partial charge in [-0.3, -0.25) is 9.52 Å². The first-order valence-corrected chi connectivity index (χ1v) is 11.2. The number of nitrogens with one attached hydrogen (secondary N) is 2. The standard InChI is InChI=1S/C21H16Cl2N2O6S/c1-31-18-9-5-14(22)11-19(18)32(29,30)25-17-10-13(4-8-16(17)23)20(26)24-15-6-2-12(3-7-15)21(27)28/h2-11,25H,1H3,(H,24,26)(H,27,28). The highest BCUT2D eigenvalue weighted by Gasteiger charge is 2.22. The third-order valence-electron chi connectivity index (χ3n) is 4.28. The fraction of sp³-hybridized carbons (Fsp3) is 0.0476. The molecule has 3 aromatic carbocycles. The van der Waals surface area contributed by atoms with Crippen molar-refractivity contribution < 1.29 is 27.9 Å². The topological polar surface area (TPSA) is 122 Å². The molecule has 0 saturated carbocycles. The summed E-state index contributed by atoms with van der Waals surface area (Å²) in [5.41, 5.74) is 0.526. The number of ether oxygens (including phenoxy) is 1. The summed E-state index contributed by atoms with van der Waals surface area (Å²) in [6.07, 6.45) is 0. The number of benzene rings is 3. The van der Waals surface area contributed by atoms with Gasteiger partial charge in [-0.05, 0) is 60.7 Å². The predicted octanol–water partition coefficient (Wildman–Crippen LogP) is 4.75. The molecule has 0 bridgehead atoms. The molecule has 0 aliphatic rings. The van der Waals surface area contributed by atoms with Crippen molar-refractivity contribution in [1.82, 2.24) is 0 Å². The monoisotopic (exact) mass is 494 g/mol. The number of sulfonamides is 1. The lowest BCUT2D eigenvalue weighted by Crippen LogP contribution is -2.16. The molecule has 0 aliphatic carbocycles. The molecule has 32 heavy (non-hydrogen) atoms. The molecule has 0 aromatic heterocycles. The van der Waals surface area contributed by atoms with Gasteiger partial charge in [0, 0.05) is 16.3 Å². The van der Waals surface area contributed by atoms with E-state index in [9.17, 15) is 18.0 Å². The molecule has 0 saturated heterocycles. The van der Waals surface area contributed by atoms with Crippen LogP contribution >= 0.6 is 23.2 Å². The lowest BCUT2D eigenvalue weighted by atomic mass is 10.1. The summed E-state index contributed by atoms with van der Waals surface area (Å²) in [6, 6.07) is 13.8. The lowest BCUT2D eigenvalue weighted by Gasteiger charge is -2.14. The van der Waals surface area contributed by atoms with Crippen molar-refractivity contribution in [2.24, 2.45) is 0 Å². The largest absolute Gasteiger partial charge is 0.495 e. The van der Waals surface area contributed by atoms with Crippen molar-refractivity contribution in [3.8, 4) is 5.75 Å². The van der Waals surface area contributed by atoms with Gasteiger partial charge < -0.3 is 15.2 Å². The molecule has 8 nitrogen and oxygen atoms in total. The lowest BCUT2D eigenvalue weighted by molar-refractivity contribution is 0.0696. The second-order valence-electron chi connectivity index (χ2n) is 6.43. The highest BCUT2D eigenvalue weighted by Crippen LogP contribution is 2.31. The van der Waals surface area contributed by atoms with E-state index in [4.69, 9.17) is 33.0 Å². The van der Waals surface area contributed by atoms with E-state index >= 15 is 0 Å². The minimum Gasteiger partial charge on any atom is -0.495 e. The first-order valence-electron chi connectivity index (χ1n) is 8.91. The molecule has 11 heteroatoms. The molecular formula is C21H16Cl2N2O6S. The number of hydrogen-bond acceptors (Lipinski definition) is 5. The second-order valence-corrected chi connectivity index (χ2v) is 8.93. The maximum absolute atomic E-state index is 12.9. The molecule has 166 valence electrons. The number of hydrogen-bond donors (Lipinski definition) is 3. The predicted molar refractivity (Wildman–Crippen MR) is 122 cm³/mol. The van der Waals surface area contributed by atoms with Crippen LogP contribution < -0.4 is 14.8 Å². The Hall–Kier alpha value is -3.27. The number of methoxy groups -OCH3 is 1. The quantitative estimate of drug-likeness (QED) is 0.435. The second kappa shape index (κ2) is 9.47. The van der Waals surface area contributed by atoms with Crippen LogP contribution in [-0.4, -0.2) is 32.5 Å². The Bertz CT molecular complexity index is 1290. The fourth-order valence-electron chi connectivity index (χ4n) is 2.70. The number of carbonyl (C=O) groups is 2. The van der Waals surface area contributed by atoms with E-state index in [-0.39, 0.29) is 37.5 Å². The molecule has 3 aromatic rings. The van der Waals surface area contributed by atoms with Crippen molar-refractivity contribution in [3.05, 3.63) is 81.8 Å². The number of carboxylic acids is 1. The zero-order valence-electron chi connectivity index (χ0n) is 16.4. The molecule has 0 atom stereocenters. The Balaban J connectivity index is 1.86. The molecule has 0 fully saturated rings. The normalized spacial score (nSPS) is 11.0. The number of aromatic carboxylic acids is 1. The van der Waals surface area contributed by atoms with Crippen LogP contribution in [0.4, 0.5) is 11.4 Å². The van der Waals surface area contributed by atoms with E-state index in [0.29, 0.717) is 5.69 Å². The Labute approximate surface area is 193 Å². The van der Waals surface area contributed by atoms with E-state index in [1.807, 2.05) is 0 Å². The third-order valence-corrected chi connectivity index (χ3v) is 6.23. The number of halogens is 2. The third kappa shape index (κ3) is 5.31. The molecule has 0 heterocycles. The molecule has 3 N–H and O–H groups in total. The number of rotatable bonds is 7. The average molecular weight is 495 g/mol. The summed E-state index contributed by atoms with van der Waals surface area (Å²) >= 11 is 12.1. The Morgan fingerprint density at radius 3 is 2.22 bits per heavy atom. The van der Waals surface area contributed by atoms with Crippen LogP contribution in [0.3, 0.4) is 0 Å². The van der Waals surface area contributed by atoms with Crippen LogP contribution in [0.2, 0.25) is 10.0 Å².